The van der Waals surface area contributed by atoms with E-state index in [4.69, 9.17) is 19.9 Å². The fourth-order valence-corrected chi connectivity index (χ4v) is 3.36. The number of hydrogen-bond donors (Lipinski definition) is 2. The van der Waals surface area contributed by atoms with Crippen molar-refractivity contribution in [2.45, 2.75) is 37.8 Å². The Morgan fingerprint density at radius 1 is 1.12 bits per heavy atom. The van der Waals surface area contributed by atoms with Crippen molar-refractivity contribution >= 4 is 11.6 Å². The van der Waals surface area contributed by atoms with Crippen LogP contribution in [0.25, 0.3) is 0 Å². The number of nitrogens with one attached hydrogen (secondary N) is 1. The van der Waals surface area contributed by atoms with E-state index in [9.17, 15) is 4.79 Å². The first-order chi connectivity index (χ1) is 12.6. The molecule has 6 nitrogen and oxygen atoms in total. The van der Waals surface area contributed by atoms with Crippen LogP contribution in [-0.4, -0.2) is 18.2 Å². The molecule has 2 aromatic rings. The van der Waals surface area contributed by atoms with Crippen molar-refractivity contribution in [1.29, 1.82) is 0 Å². The second-order valence-corrected chi connectivity index (χ2v) is 6.82. The summed E-state index contributed by atoms with van der Waals surface area (Å²) in [7, 11) is 0. The fraction of sp³-hybridized carbons (Fsp3) is 0.350. The molecule has 3 N–H and O–H groups in total. The van der Waals surface area contributed by atoms with Crippen LogP contribution in [0, 0.1) is 0 Å². The molecule has 4 rings (SSSR count). The second kappa shape index (κ2) is 6.88. The molecule has 0 saturated heterocycles. The monoisotopic (exact) mass is 354 g/mol. The predicted octanol–water partition coefficient (Wildman–Crippen LogP) is 3.20. The lowest BCUT2D eigenvalue weighted by Gasteiger charge is -2.22. The minimum Gasteiger partial charge on any atom is -0.489 e. The van der Waals surface area contributed by atoms with Crippen molar-refractivity contribution in [3.63, 3.8) is 0 Å². The average molecular weight is 354 g/mol. The molecule has 6 heteroatoms. The van der Waals surface area contributed by atoms with E-state index in [1.807, 2.05) is 42.5 Å². The smallest absolute Gasteiger partial charge is 0.244 e. The number of carbonyl (C=O) groups is 1. The summed E-state index contributed by atoms with van der Waals surface area (Å²) in [5.74, 6) is 2.01. The van der Waals surface area contributed by atoms with Crippen LogP contribution in [0.3, 0.4) is 0 Å². The Labute approximate surface area is 152 Å². The number of nitrogens with two attached hydrogens (primary N) is 1. The lowest BCUT2D eigenvalue weighted by atomic mass is 9.98. The van der Waals surface area contributed by atoms with Gasteiger partial charge in [-0.25, -0.2) is 0 Å². The number of ether oxygens (including phenoxy) is 3. The summed E-state index contributed by atoms with van der Waals surface area (Å²) in [6, 6.07) is 13.1. The van der Waals surface area contributed by atoms with Gasteiger partial charge in [-0.2, -0.15) is 0 Å². The molecule has 2 aliphatic rings. The zero-order chi connectivity index (χ0) is 18.0. The summed E-state index contributed by atoms with van der Waals surface area (Å²) in [5, 5.41) is 2.94. The van der Waals surface area contributed by atoms with E-state index < -0.39 is 5.54 Å². The lowest BCUT2D eigenvalue weighted by molar-refractivity contribution is -0.121. The molecule has 26 heavy (non-hydrogen) atoms. The van der Waals surface area contributed by atoms with E-state index in [-0.39, 0.29) is 12.7 Å². The average Bonchev–Trinajstić information content (AvgIpc) is 3.29. The highest BCUT2D eigenvalue weighted by molar-refractivity contribution is 5.98. The minimum atomic E-state index is -0.737. The largest absolute Gasteiger partial charge is 0.489 e. The van der Waals surface area contributed by atoms with Gasteiger partial charge in [0.15, 0.2) is 11.5 Å². The van der Waals surface area contributed by atoms with Crippen molar-refractivity contribution < 1.29 is 19.0 Å². The van der Waals surface area contributed by atoms with Gasteiger partial charge in [-0.15, -0.1) is 0 Å². The number of fused-ring (bicyclic) bond motifs is 1. The first kappa shape index (κ1) is 16.7. The molecule has 0 radical (unpaired) electrons. The number of benzene rings is 2. The van der Waals surface area contributed by atoms with Gasteiger partial charge in [0.25, 0.3) is 0 Å². The molecule has 2 aromatic carbocycles. The molecule has 0 aromatic heterocycles. The molecule has 1 aliphatic carbocycles. The standard InChI is InChI=1S/C20H22N2O4/c21-20(8-1-2-9-20)19(23)22-15-5-3-4-14(10-15)12-24-16-6-7-17-18(11-16)26-13-25-17/h3-7,10-11H,1-2,8-9,12-13,21H2,(H,22,23). The molecular formula is C20H22N2O4. The molecule has 1 aliphatic heterocycles. The first-order valence-electron chi connectivity index (χ1n) is 8.84. The molecule has 1 amide bonds. The Bertz CT molecular complexity index is 815. The molecule has 1 fully saturated rings. The summed E-state index contributed by atoms with van der Waals surface area (Å²) in [6.07, 6.45) is 3.50. The molecule has 0 bridgehead atoms. The third-order valence-corrected chi connectivity index (χ3v) is 4.88. The van der Waals surface area contributed by atoms with Gasteiger partial charge in [0.05, 0.1) is 5.54 Å². The van der Waals surface area contributed by atoms with E-state index in [2.05, 4.69) is 5.32 Å². The second-order valence-electron chi connectivity index (χ2n) is 6.82. The van der Waals surface area contributed by atoms with E-state index in [1.165, 1.54) is 0 Å². The number of anilines is 1. The minimum absolute atomic E-state index is 0.108. The summed E-state index contributed by atoms with van der Waals surface area (Å²) >= 11 is 0. The van der Waals surface area contributed by atoms with Gasteiger partial charge < -0.3 is 25.3 Å². The van der Waals surface area contributed by atoms with Crippen LogP contribution in [0.1, 0.15) is 31.2 Å². The Morgan fingerprint density at radius 2 is 1.92 bits per heavy atom. The van der Waals surface area contributed by atoms with Gasteiger partial charge in [0.2, 0.25) is 12.7 Å². The lowest BCUT2D eigenvalue weighted by Crippen LogP contribution is -2.48. The zero-order valence-electron chi connectivity index (χ0n) is 14.5. The van der Waals surface area contributed by atoms with Gasteiger partial charge in [-0.05, 0) is 42.7 Å². The molecular weight excluding hydrogens is 332 g/mol. The number of hydrogen-bond acceptors (Lipinski definition) is 5. The first-order valence-corrected chi connectivity index (χ1v) is 8.84. The van der Waals surface area contributed by atoms with Gasteiger partial charge in [-0.3, -0.25) is 4.79 Å². The van der Waals surface area contributed by atoms with Crippen LogP contribution < -0.4 is 25.3 Å². The number of carbonyl (C=O) groups excluding carboxylic acids is 1. The molecule has 0 atom stereocenters. The topological polar surface area (TPSA) is 82.8 Å². The van der Waals surface area contributed by atoms with Gasteiger partial charge in [0.1, 0.15) is 12.4 Å². The summed E-state index contributed by atoms with van der Waals surface area (Å²) in [4.78, 5) is 12.4. The van der Waals surface area contributed by atoms with E-state index in [0.717, 1.165) is 42.7 Å². The Balaban J connectivity index is 1.39. The molecule has 0 spiro atoms. The Hall–Kier alpha value is -2.73. The van der Waals surface area contributed by atoms with Gasteiger partial charge in [0, 0.05) is 11.8 Å². The van der Waals surface area contributed by atoms with E-state index in [0.29, 0.717) is 18.1 Å². The number of rotatable bonds is 5. The van der Waals surface area contributed by atoms with E-state index >= 15 is 0 Å². The van der Waals surface area contributed by atoms with Crippen LogP contribution >= 0.6 is 0 Å². The maximum Gasteiger partial charge on any atom is 0.244 e. The highest BCUT2D eigenvalue weighted by Gasteiger charge is 2.36. The van der Waals surface area contributed by atoms with Crippen molar-refractivity contribution in [2.24, 2.45) is 5.73 Å². The highest BCUT2D eigenvalue weighted by atomic mass is 16.7. The van der Waals surface area contributed by atoms with Crippen LogP contribution in [0.15, 0.2) is 42.5 Å². The summed E-state index contributed by atoms with van der Waals surface area (Å²) in [6.45, 7) is 0.625. The fourth-order valence-electron chi connectivity index (χ4n) is 3.36. The third-order valence-electron chi connectivity index (χ3n) is 4.88. The van der Waals surface area contributed by atoms with Crippen molar-refractivity contribution in [2.75, 3.05) is 12.1 Å². The Morgan fingerprint density at radius 3 is 2.77 bits per heavy atom. The molecule has 0 unspecified atom stereocenters. The van der Waals surface area contributed by atoms with Crippen LogP contribution in [-0.2, 0) is 11.4 Å². The van der Waals surface area contributed by atoms with Crippen LogP contribution in [0.5, 0.6) is 17.2 Å². The third kappa shape index (κ3) is 3.46. The zero-order valence-corrected chi connectivity index (χ0v) is 14.5. The van der Waals surface area contributed by atoms with Crippen molar-refractivity contribution in [1.82, 2.24) is 0 Å². The molecule has 1 saturated carbocycles. The summed E-state index contributed by atoms with van der Waals surface area (Å²) < 4.78 is 16.5. The van der Waals surface area contributed by atoms with Crippen molar-refractivity contribution in [3.05, 3.63) is 48.0 Å². The van der Waals surface area contributed by atoms with Crippen LogP contribution in [0.2, 0.25) is 0 Å². The maximum absolute atomic E-state index is 12.4. The van der Waals surface area contributed by atoms with E-state index in [1.54, 1.807) is 0 Å². The van der Waals surface area contributed by atoms with Crippen molar-refractivity contribution in [3.8, 4) is 17.2 Å². The SMILES string of the molecule is NC1(C(=O)Nc2cccc(COc3ccc4c(c3)OCO4)c2)CCCC1. The van der Waals surface area contributed by atoms with Crippen LogP contribution in [0.4, 0.5) is 5.69 Å². The van der Waals surface area contributed by atoms with Gasteiger partial charge >= 0.3 is 0 Å². The number of amides is 1. The summed E-state index contributed by atoms with van der Waals surface area (Å²) in [5.41, 5.74) is 7.16. The quantitative estimate of drug-likeness (QED) is 0.861. The molecule has 136 valence electrons. The molecule has 1 heterocycles. The van der Waals surface area contributed by atoms with Gasteiger partial charge in [-0.1, -0.05) is 25.0 Å². The maximum atomic E-state index is 12.4. The Kier molecular flexibility index (Phi) is 4.42. The predicted molar refractivity (Wildman–Crippen MR) is 97.4 cm³/mol. The highest BCUT2D eigenvalue weighted by Crippen LogP contribution is 2.35. The normalized spacial score (nSPS) is 17.1.